The van der Waals surface area contributed by atoms with Crippen molar-refractivity contribution in [3.8, 4) is 0 Å². The van der Waals surface area contributed by atoms with Crippen LogP contribution < -0.4 is 5.32 Å². The lowest BCUT2D eigenvalue weighted by Crippen LogP contribution is -2.07. The average Bonchev–Trinajstić information content (AvgIpc) is 2.62. The van der Waals surface area contributed by atoms with Crippen molar-refractivity contribution in [1.29, 1.82) is 0 Å². The summed E-state index contributed by atoms with van der Waals surface area (Å²) in [4.78, 5) is 0. The fraction of sp³-hybridized carbons (Fsp3) is 0.333. The Bertz CT molecular complexity index is 510. The van der Waals surface area contributed by atoms with E-state index in [1.807, 2.05) is 7.05 Å². The molecule has 1 aromatic heterocycles. The second-order valence-electron chi connectivity index (χ2n) is 4.14. The van der Waals surface area contributed by atoms with Crippen LogP contribution in [-0.2, 0) is 13.6 Å². The van der Waals surface area contributed by atoms with Gasteiger partial charge in [-0.25, -0.2) is 0 Å². The third kappa shape index (κ3) is 2.66. The summed E-state index contributed by atoms with van der Waals surface area (Å²) in [5, 5.41) is 11.2. The molecule has 0 spiro atoms. The van der Waals surface area contributed by atoms with E-state index >= 15 is 0 Å². The summed E-state index contributed by atoms with van der Waals surface area (Å²) in [6.07, 6.45) is 1.77. The van der Waals surface area contributed by atoms with Crippen molar-refractivity contribution in [3.63, 3.8) is 0 Å². The molecule has 0 aliphatic rings. The summed E-state index contributed by atoms with van der Waals surface area (Å²) in [5.74, 6) is 0. The maximum Gasteiger partial charge on any atom is 0.0774 e. The van der Waals surface area contributed by atoms with Gasteiger partial charge in [-0.15, -0.1) is 5.10 Å². The lowest BCUT2D eigenvalue weighted by Gasteiger charge is -2.12. The Labute approximate surface area is 109 Å². The first-order valence-corrected chi connectivity index (χ1v) is 6.21. The third-order valence-corrected chi connectivity index (χ3v) is 3.31. The molecule has 0 fully saturated rings. The van der Waals surface area contributed by atoms with Crippen LogP contribution in [0.1, 0.15) is 16.8 Å². The number of benzene rings is 1. The first kappa shape index (κ1) is 12.1. The van der Waals surface area contributed by atoms with Gasteiger partial charge in [0.25, 0.3) is 0 Å². The standard InChI is InChI=1S/C12H15BrN4/c1-8-4-9(2)12(11(13)5-8)14-6-10-7-15-16-17(10)3/h4-5,7,14H,6H2,1-3H3. The molecule has 0 bridgehead atoms. The molecule has 0 aliphatic heterocycles. The summed E-state index contributed by atoms with van der Waals surface area (Å²) < 4.78 is 2.86. The third-order valence-electron chi connectivity index (χ3n) is 2.69. The zero-order valence-electron chi connectivity index (χ0n) is 10.2. The minimum Gasteiger partial charge on any atom is -0.378 e. The zero-order chi connectivity index (χ0) is 12.4. The Morgan fingerprint density at radius 1 is 1.35 bits per heavy atom. The number of rotatable bonds is 3. The van der Waals surface area contributed by atoms with Crippen molar-refractivity contribution in [2.24, 2.45) is 7.05 Å². The molecular formula is C12H15BrN4. The van der Waals surface area contributed by atoms with Gasteiger partial charge < -0.3 is 5.32 Å². The summed E-state index contributed by atoms with van der Waals surface area (Å²) in [5.41, 5.74) is 4.66. The van der Waals surface area contributed by atoms with Crippen LogP contribution in [0, 0.1) is 13.8 Å². The van der Waals surface area contributed by atoms with Crippen LogP contribution in [-0.4, -0.2) is 15.0 Å². The largest absolute Gasteiger partial charge is 0.378 e. The highest BCUT2D eigenvalue weighted by atomic mass is 79.9. The number of anilines is 1. The van der Waals surface area contributed by atoms with E-state index in [-0.39, 0.29) is 0 Å². The predicted molar refractivity (Wildman–Crippen MR) is 71.9 cm³/mol. The molecule has 0 aliphatic carbocycles. The van der Waals surface area contributed by atoms with Crippen LogP contribution in [0.4, 0.5) is 5.69 Å². The molecule has 0 radical (unpaired) electrons. The van der Waals surface area contributed by atoms with Crippen molar-refractivity contribution < 1.29 is 0 Å². The van der Waals surface area contributed by atoms with E-state index in [0.29, 0.717) is 6.54 Å². The lowest BCUT2D eigenvalue weighted by atomic mass is 10.1. The van der Waals surface area contributed by atoms with E-state index in [1.165, 1.54) is 11.1 Å². The number of aryl methyl sites for hydroxylation is 3. The minimum atomic E-state index is 0.714. The van der Waals surface area contributed by atoms with Crippen molar-refractivity contribution in [1.82, 2.24) is 15.0 Å². The number of nitrogens with one attached hydrogen (secondary N) is 1. The average molecular weight is 295 g/mol. The SMILES string of the molecule is Cc1cc(C)c(NCc2cnnn2C)c(Br)c1. The van der Waals surface area contributed by atoms with Gasteiger partial charge in [-0.05, 0) is 47.0 Å². The lowest BCUT2D eigenvalue weighted by molar-refractivity contribution is 0.683. The Morgan fingerprint density at radius 3 is 2.71 bits per heavy atom. The van der Waals surface area contributed by atoms with Crippen molar-refractivity contribution in [3.05, 3.63) is 39.6 Å². The van der Waals surface area contributed by atoms with E-state index in [4.69, 9.17) is 0 Å². The Morgan fingerprint density at radius 2 is 2.12 bits per heavy atom. The highest BCUT2D eigenvalue weighted by molar-refractivity contribution is 9.10. The topological polar surface area (TPSA) is 42.7 Å². The molecule has 0 atom stereocenters. The molecule has 0 saturated heterocycles. The predicted octanol–water partition coefficient (Wildman–Crippen LogP) is 2.81. The molecule has 1 heterocycles. The summed E-state index contributed by atoms with van der Waals surface area (Å²) in [6, 6.07) is 4.27. The maximum atomic E-state index is 3.90. The van der Waals surface area contributed by atoms with Crippen LogP contribution >= 0.6 is 15.9 Å². The fourth-order valence-electron chi connectivity index (χ4n) is 1.79. The fourth-order valence-corrected chi connectivity index (χ4v) is 2.60. The molecule has 5 heteroatoms. The summed E-state index contributed by atoms with van der Waals surface area (Å²) >= 11 is 3.58. The van der Waals surface area contributed by atoms with Crippen molar-refractivity contribution in [2.75, 3.05) is 5.32 Å². The van der Waals surface area contributed by atoms with Gasteiger partial charge >= 0.3 is 0 Å². The molecule has 1 aromatic carbocycles. The van der Waals surface area contributed by atoms with E-state index in [1.54, 1.807) is 10.9 Å². The Hall–Kier alpha value is -1.36. The van der Waals surface area contributed by atoms with Crippen LogP contribution in [0.5, 0.6) is 0 Å². The van der Waals surface area contributed by atoms with Crippen LogP contribution in [0.15, 0.2) is 22.8 Å². The molecule has 0 amide bonds. The molecular weight excluding hydrogens is 280 g/mol. The van der Waals surface area contributed by atoms with E-state index < -0.39 is 0 Å². The van der Waals surface area contributed by atoms with Gasteiger partial charge in [-0.1, -0.05) is 11.3 Å². The summed E-state index contributed by atoms with van der Waals surface area (Å²) in [6.45, 7) is 4.90. The molecule has 2 aromatic rings. The Balaban J connectivity index is 2.17. The first-order chi connectivity index (χ1) is 8.08. The van der Waals surface area contributed by atoms with Crippen LogP contribution in [0.25, 0.3) is 0 Å². The van der Waals surface area contributed by atoms with Crippen molar-refractivity contribution in [2.45, 2.75) is 20.4 Å². The zero-order valence-corrected chi connectivity index (χ0v) is 11.7. The normalized spacial score (nSPS) is 10.6. The van der Waals surface area contributed by atoms with Gasteiger partial charge in [0.1, 0.15) is 0 Å². The molecule has 17 heavy (non-hydrogen) atoms. The second-order valence-corrected chi connectivity index (χ2v) is 5.00. The number of hydrogen-bond acceptors (Lipinski definition) is 3. The van der Waals surface area contributed by atoms with Crippen molar-refractivity contribution >= 4 is 21.6 Å². The Kier molecular flexibility index (Phi) is 3.47. The van der Waals surface area contributed by atoms with Gasteiger partial charge in [-0.2, -0.15) is 0 Å². The van der Waals surface area contributed by atoms with Gasteiger partial charge in [-0.3, -0.25) is 4.68 Å². The summed E-state index contributed by atoms with van der Waals surface area (Å²) in [7, 11) is 1.89. The molecule has 0 unspecified atom stereocenters. The van der Waals surface area contributed by atoms with Gasteiger partial charge in [0.15, 0.2) is 0 Å². The van der Waals surface area contributed by atoms with Gasteiger partial charge in [0, 0.05) is 11.5 Å². The minimum absolute atomic E-state index is 0.714. The first-order valence-electron chi connectivity index (χ1n) is 5.42. The number of nitrogens with zero attached hydrogens (tertiary/aromatic N) is 3. The number of aromatic nitrogens is 3. The van der Waals surface area contributed by atoms with Crippen LogP contribution in [0.2, 0.25) is 0 Å². The molecule has 90 valence electrons. The molecule has 4 nitrogen and oxygen atoms in total. The molecule has 1 N–H and O–H groups in total. The molecule has 2 rings (SSSR count). The second kappa shape index (κ2) is 4.87. The maximum absolute atomic E-state index is 3.90. The highest BCUT2D eigenvalue weighted by Crippen LogP contribution is 2.28. The van der Waals surface area contributed by atoms with E-state index in [2.05, 4.69) is 57.5 Å². The molecule has 0 saturated carbocycles. The monoisotopic (exact) mass is 294 g/mol. The van der Waals surface area contributed by atoms with Crippen LogP contribution in [0.3, 0.4) is 0 Å². The van der Waals surface area contributed by atoms with Gasteiger partial charge in [0.2, 0.25) is 0 Å². The smallest absolute Gasteiger partial charge is 0.0774 e. The number of halogens is 1. The highest BCUT2D eigenvalue weighted by Gasteiger charge is 2.06. The number of hydrogen-bond donors (Lipinski definition) is 1. The van der Waals surface area contributed by atoms with E-state index in [9.17, 15) is 0 Å². The van der Waals surface area contributed by atoms with Gasteiger partial charge in [0.05, 0.1) is 24.1 Å². The van der Waals surface area contributed by atoms with E-state index in [0.717, 1.165) is 15.9 Å². The quantitative estimate of drug-likeness (QED) is 0.947.